The molecule has 0 aliphatic heterocycles. The van der Waals surface area contributed by atoms with Crippen molar-refractivity contribution in [2.24, 2.45) is 11.1 Å². The van der Waals surface area contributed by atoms with Gasteiger partial charge < -0.3 is 5.73 Å². The molecule has 0 bridgehead atoms. The molecule has 1 nitrogen and oxygen atoms in total. The summed E-state index contributed by atoms with van der Waals surface area (Å²) in [5.74, 6) is 0. The number of hydrogen-bond donors (Lipinski definition) is 1. The van der Waals surface area contributed by atoms with Gasteiger partial charge in [0.25, 0.3) is 0 Å². The summed E-state index contributed by atoms with van der Waals surface area (Å²) >= 11 is 3.49. The van der Waals surface area contributed by atoms with Gasteiger partial charge in [0, 0.05) is 10.5 Å². The number of halogens is 1. The summed E-state index contributed by atoms with van der Waals surface area (Å²) in [5, 5.41) is 2.48. The van der Waals surface area contributed by atoms with Gasteiger partial charge in [0.1, 0.15) is 0 Å². The van der Waals surface area contributed by atoms with Crippen molar-refractivity contribution < 1.29 is 0 Å². The Morgan fingerprint density at radius 1 is 1.00 bits per heavy atom. The number of nitrogens with two attached hydrogens (primary N) is 1. The minimum absolute atomic E-state index is 0.0653. The van der Waals surface area contributed by atoms with E-state index >= 15 is 0 Å². The predicted octanol–water partition coefficient (Wildman–Crippen LogP) is 4.65. The molecule has 2 aromatic rings. The molecule has 1 atom stereocenters. The molecule has 0 spiro atoms. The van der Waals surface area contributed by atoms with Crippen molar-refractivity contribution in [3.05, 3.63) is 46.4 Å². The van der Waals surface area contributed by atoms with Crippen LogP contribution in [0.4, 0.5) is 0 Å². The van der Waals surface area contributed by atoms with Crippen LogP contribution in [0.1, 0.15) is 32.4 Å². The van der Waals surface area contributed by atoms with Crippen LogP contribution in [-0.4, -0.2) is 0 Å². The molecule has 0 radical (unpaired) electrons. The molecule has 2 rings (SSSR count). The number of benzene rings is 2. The zero-order valence-corrected chi connectivity index (χ0v) is 12.1. The lowest BCUT2D eigenvalue weighted by atomic mass is 9.82. The summed E-state index contributed by atoms with van der Waals surface area (Å²) in [7, 11) is 0. The second-order valence-electron chi connectivity index (χ2n) is 5.59. The van der Waals surface area contributed by atoms with Crippen LogP contribution in [0.5, 0.6) is 0 Å². The fourth-order valence-corrected chi connectivity index (χ4v) is 2.31. The Morgan fingerprint density at radius 2 is 1.59 bits per heavy atom. The number of rotatable bonds is 1. The fraction of sp³-hybridized carbons (Fsp3) is 0.333. The lowest BCUT2D eigenvalue weighted by Gasteiger charge is -2.27. The Kier molecular flexibility index (Phi) is 3.28. The SMILES string of the molecule is CC(C)(C)C(N)c1ccc2cc(Br)ccc2c1. The summed E-state index contributed by atoms with van der Waals surface area (Å²) in [6.07, 6.45) is 0. The molecule has 0 heterocycles. The Labute approximate surface area is 111 Å². The van der Waals surface area contributed by atoms with Crippen LogP contribution in [0.25, 0.3) is 10.8 Å². The maximum absolute atomic E-state index is 6.28. The maximum atomic E-state index is 6.28. The molecule has 0 saturated carbocycles. The highest BCUT2D eigenvalue weighted by Gasteiger charge is 2.22. The van der Waals surface area contributed by atoms with Gasteiger partial charge in [0.2, 0.25) is 0 Å². The van der Waals surface area contributed by atoms with Crippen LogP contribution in [0.3, 0.4) is 0 Å². The lowest BCUT2D eigenvalue weighted by molar-refractivity contribution is 0.327. The topological polar surface area (TPSA) is 26.0 Å². The smallest absolute Gasteiger partial charge is 0.0344 e. The van der Waals surface area contributed by atoms with Gasteiger partial charge >= 0.3 is 0 Å². The highest BCUT2D eigenvalue weighted by Crippen LogP contribution is 2.32. The Hall–Kier alpha value is -0.860. The van der Waals surface area contributed by atoms with Gasteiger partial charge in [-0.05, 0) is 39.9 Å². The molecule has 0 aliphatic carbocycles. The molecule has 17 heavy (non-hydrogen) atoms. The molecule has 1 unspecified atom stereocenters. The predicted molar refractivity (Wildman–Crippen MR) is 78.0 cm³/mol. The molecule has 0 aliphatic rings. The average Bonchev–Trinajstić information content (AvgIpc) is 2.26. The van der Waals surface area contributed by atoms with E-state index in [-0.39, 0.29) is 11.5 Å². The van der Waals surface area contributed by atoms with E-state index < -0.39 is 0 Å². The summed E-state index contributed by atoms with van der Waals surface area (Å²) in [6.45, 7) is 6.51. The van der Waals surface area contributed by atoms with Crippen LogP contribution >= 0.6 is 15.9 Å². The zero-order valence-electron chi connectivity index (χ0n) is 10.5. The third kappa shape index (κ3) is 2.70. The van der Waals surface area contributed by atoms with E-state index in [0.29, 0.717) is 0 Å². The van der Waals surface area contributed by atoms with Gasteiger partial charge in [0.05, 0.1) is 0 Å². The van der Waals surface area contributed by atoms with Gasteiger partial charge in [-0.1, -0.05) is 54.9 Å². The molecule has 0 saturated heterocycles. The molecule has 2 heteroatoms. The largest absolute Gasteiger partial charge is 0.324 e. The Balaban J connectivity index is 2.48. The van der Waals surface area contributed by atoms with E-state index in [1.165, 1.54) is 16.3 Å². The molecule has 0 aromatic heterocycles. The van der Waals surface area contributed by atoms with E-state index in [2.05, 4.69) is 73.1 Å². The van der Waals surface area contributed by atoms with Crippen molar-refractivity contribution in [3.63, 3.8) is 0 Å². The van der Waals surface area contributed by atoms with Gasteiger partial charge in [-0.15, -0.1) is 0 Å². The number of fused-ring (bicyclic) bond motifs is 1. The monoisotopic (exact) mass is 291 g/mol. The fourth-order valence-electron chi connectivity index (χ4n) is 1.93. The molecular formula is C15H18BrN. The lowest BCUT2D eigenvalue weighted by Crippen LogP contribution is -2.26. The van der Waals surface area contributed by atoms with Crippen LogP contribution in [0.15, 0.2) is 40.9 Å². The van der Waals surface area contributed by atoms with E-state index in [0.717, 1.165) is 4.47 Å². The van der Waals surface area contributed by atoms with Crippen molar-refractivity contribution in [1.29, 1.82) is 0 Å². The first-order valence-electron chi connectivity index (χ1n) is 5.83. The molecule has 2 aromatic carbocycles. The quantitative estimate of drug-likeness (QED) is 0.813. The van der Waals surface area contributed by atoms with Gasteiger partial charge in [-0.25, -0.2) is 0 Å². The molecular weight excluding hydrogens is 274 g/mol. The van der Waals surface area contributed by atoms with E-state index in [4.69, 9.17) is 5.73 Å². The van der Waals surface area contributed by atoms with Crippen molar-refractivity contribution >= 4 is 26.7 Å². The zero-order chi connectivity index (χ0) is 12.6. The third-order valence-electron chi connectivity index (χ3n) is 3.12. The molecule has 0 amide bonds. The molecule has 0 fully saturated rings. The minimum atomic E-state index is 0.0653. The highest BCUT2D eigenvalue weighted by atomic mass is 79.9. The van der Waals surface area contributed by atoms with E-state index in [9.17, 15) is 0 Å². The highest BCUT2D eigenvalue weighted by molar-refractivity contribution is 9.10. The second kappa shape index (κ2) is 4.43. The van der Waals surface area contributed by atoms with Gasteiger partial charge in [0.15, 0.2) is 0 Å². The average molecular weight is 292 g/mol. The second-order valence-corrected chi connectivity index (χ2v) is 6.51. The van der Waals surface area contributed by atoms with Crippen molar-refractivity contribution in [2.45, 2.75) is 26.8 Å². The molecule has 2 N–H and O–H groups in total. The molecule has 90 valence electrons. The number of hydrogen-bond acceptors (Lipinski definition) is 1. The van der Waals surface area contributed by atoms with E-state index in [1.54, 1.807) is 0 Å². The first-order chi connectivity index (χ1) is 7.88. The first-order valence-corrected chi connectivity index (χ1v) is 6.62. The minimum Gasteiger partial charge on any atom is -0.324 e. The standard InChI is InChI=1S/C15H18BrN/c1-15(2,3)14(17)12-5-4-11-9-13(16)7-6-10(11)8-12/h4-9,14H,17H2,1-3H3. The van der Waals surface area contributed by atoms with Crippen LogP contribution in [-0.2, 0) is 0 Å². The van der Waals surface area contributed by atoms with Crippen molar-refractivity contribution in [2.75, 3.05) is 0 Å². The third-order valence-corrected chi connectivity index (χ3v) is 3.61. The first kappa shape index (κ1) is 12.6. The summed E-state index contributed by atoms with van der Waals surface area (Å²) in [4.78, 5) is 0. The normalized spacial score (nSPS) is 13.9. The van der Waals surface area contributed by atoms with Crippen LogP contribution in [0.2, 0.25) is 0 Å². The van der Waals surface area contributed by atoms with Crippen molar-refractivity contribution in [3.8, 4) is 0 Å². The van der Waals surface area contributed by atoms with Crippen LogP contribution in [0, 0.1) is 5.41 Å². The summed E-state index contributed by atoms with van der Waals surface area (Å²) in [6, 6.07) is 12.8. The van der Waals surface area contributed by atoms with Gasteiger partial charge in [-0.2, -0.15) is 0 Å². The van der Waals surface area contributed by atoms with E-state index in [1.807, 2.05) is 0 Å². The summed E-state index contributed by atoms with van der Waals surface area (Å²) in [5.41, 5.74) is 7.57. The van der Waals surface area contributed by atoms with Crippen LogP contribution < -0.4 is 5.73 Å². The summed E-state index contributed by atoms with van der Waals surface area (Å²) < 4.78 is 1.11. The Morgan fingerprint density at radius 3 is 2.24 bits per heavy atom. The maximum Gasteiger partial charge on any atom is 0.0344 e. The van der Waals surface area contributed by atoms with Gasteiger partial charge in [-0.3, -0.25) is 0 Å². The van der Waals surface area contributed by atoms with Crippen molar-refractivity contribution in [1.82, 2.24) is 0 Å². The Bertz CT molecular complexity index is 540.